The summed E-state index contributed by atoms with van der Waals surface area (Å²) in [6.45, 7) is 2.63. The van der Waals surface area contributed by atoms with E-state index in [0.29, 0.717) is 17.2 Å². The number of carbonyl (C=O) groups is 1. The molecule has 1 atom stereocenters. The van der Waals surface area contributed by atoms with Gasteiger partial charge in [-0.15, -0.1) is 0 Å². The van der Waals surface area contributed by atoms with Gasteiger partial charge in [-0.2, -0.15) is 10.5 Å². The van der Waals surface area contributed by atoms with Crippen LogP contribution in [0.4, 0.5) is 19.4 Å². The molecule has 0 fully saturated rings. The van der Waals surface area contributed by atoms with Crippen molar-refractivity contribution in [3.05, 3.63) is 82.4 Å². The van der Waals surface area contributed by atoms with Crippen LogP contribution in [0, 0.1) is 29.6 Å². The Labute approximate surface area is 219 Å². The number of nitriles is 2. The number of amides is 1. The maximum absolute atomic E-state index is 12.9. The number of hydrogen-bond donors (Lipinski definition) is 1. The van der Waals surface area contributed by atoms with Crippen molar-refractivity contribution in [2.45, 2.75) is 24.3 Å². The van der Waals surface area contributed by atoms with E-state index >= 15 is 0 Å². The van der Waals surface area contributed by atoms with Crippen LogP contribution < -0.4 is 14.8 Å². The molecule has 0 bridgehead atoms. The minimum absolute atomic E-state index is 0.0386. The third kappa shape index (κ3) is 7.06. The monoisotopic (exact) mass is 571 g/mol. The predicted molar refractivity (Wildman–Crippen MR) is 132 cm³/mol. The molecule has 38 heavy (non-hydrogen) atoms. The zero-order valence-electron chi connectivity index (χ0n) is 19.8. The van der Waals surface area contributed by atoms with E-state index in [2.05, 4.69) is 5.32 Å². The maximum atomic E-state index is 12.9. The van der Waals surface area contributed by atoms with Gasteiger partial charge in [0, 0.05) is 11.6 Å². The number of nitrogens with one attached hydrogen (secondary N) is 1. The van der Waals surface area contributed by atoms with Crippen molar-refractivity contribution in [3.8, 4) is 29.4 Å². The molecule has 0 saturated carbocycles. The Morgan fingerprint density at radius 2 is 1.61 bits per heavy atom. The van der Waals surface area contributed by atoms with Gasteiger partial charge in [0.05, 0.1) is 22.7 Å². The number of carbonyl (C=O) groups excluding carboxylic acids is 1. The van der Waals surface area contributed by atoms with Crippen LogP contribution >= 0.6 is 21.8 Å². The van der Waals surface area contributed by atoms with Crippen LogP contribution in [0.5, 0.6) is 17.2 Å². The maximum Gasteiger partial charge on any atom is 0.310 e. The van der Waals surface area contributed by atoms with Crippen LogP contribution in [0.15, 0.2) is 65.6 Å². The van der Waals surface area contributed by atoms with Crippen molar-refractivity contribution in [2.24, 2.45) is 0 Å². The summed E-state index contributed by atoms with van der Waals surface area (Å²) < 4.78 is 76.2. The first-order valence-corrected chi connectivity index (χ1v) is 12.9. The van der Waals surface area contributed by atoms with Gasteiger partial charge in [-0.05, 0) is 67.9 Å². The highest BCUT2D eigenvalue weighted by atomic mass is 35.5. The normalized spacial score (nSPS) is 14.6. The van der Waals surface area contributed by atoms with Gasteiger partial charge in [0.15, 0.2) is 17.0 Å². The molecule has 1 unspecified atom stereocenters. The molecule has 0 aliphatic rings. The summed E-state index contributed by atoms with van der Waals surface area (Å²) in [5, 5.41) is 21.5. The Morgan fingerprint density at radius 3 is 2.16 bits per heavy atom. The second-order valence-corrected chi connectivity index (χ2v) is 11.3. The third-order valence-corrected chi connectivity index (χ3v) is 6.55. The molecule has 0 aliphatic heterocycles. The van der Waals surface area contributed by atoms with E-state index < -0.39 is 33.2 Å². The molecule has 0 saturated heterocycles. The second-order valence-electron chi connectivity index (χ2n) is 8.49. The van der Waals surface area contributed by atoms with Crippen LogP contribution in [0.2, 0.25) is 5.02 Å². The zero-order chi connectivity index (χ0) is 28.4. The molecule has 3 rings (SSSR count). The highest BCUT2D eigenvalue weighted by Crippen LogP contribution is 3.02. The Bertz CT molecular complexity index is 1490. The zero-order valence-corrected chi connectivity index (χ0v) is 21.3. The number of hydrogen-bond acceptors (Lipinski definition) is 5. The number of ether oxygens (including phenoxy) is 2. The molecule has 1 N–H and O–H groups in total. The molecule has 0 heterocycles. The summed E-state index contributed by atoms with van der Waals surface area (Å²) >= 11 is 6.22. The minimum Gasteiger partial charge on any atom is -0.486 e. The van der Waals surface area contributed by atoms with E-state index in [1.807, 2.05) is 19.1 Å². The van der Waals surface area contributed by atoms with Gasteiger partial charge in [-0.3, -0.25) is 4.79 Å². The van der Waals surface area contributed by atoms with Crippen LogP contribution in [-0.4, -0.2) is 18.1 Å². The van der Waals surface area contributed by atoms with Crippen LogP contribution in [-0.2, 0) is 0 Å². The van der Waals surface area contributed by atoms with Gasteiger partial charge in [0.25, 0.3) is 5.91 Å². The molecule has 1 amide bonds. The van der Waals surface area contributed by atoms with Gasteiger partial charge in [-0.1, -0.05) is 37.1 Å². The predicted octanol–water partition coefficient (Wildman–Crippen LogP) is 8.06. The van der Waals surface area contributed by atoms with E-state index in [4.69, 9.17) is 21.1 Å². The molecular weight excluding hydrogens is 553 g/mol. The van der Waals surface area contributed by atoms with Crippen molar-refractivity contribution in [1.82, 2.24) is 5.32 Å². The van der Waals surface area contributed by atoms with Gasteiger partial charge < -0.3 is 14.8 Å². The Kier molecular flexibility index (Phi) is 7.06. The number of rotatable bonds is 8. The van der Waals surface area contributed by atoms with Gasteiger partial charge in [-0.25, -0.2) is 0 Å². The van der Waals surface area contributed by atoms with Gasteiger partial charge >= 0.3 is 10.2 Å². The van der Waals surface area contributed by atoms with Crippen LogP contribution in [0.25, 0.3) is 0 Å². The lowest BCUT2D eigenvalue weighted by atomic mass is 10.0. The number of benzene rings is 3. The Morgan fingerprint density at radius 1 is 0.974 bits per heavy atom. The quantitative estimate of drug-likeness (QED) is 0.276. The fourth-order valence-electron chi connectivity index (χ4n) is 3.09. The largest absolute Gasteiger partial charge is 0.486 e. The standard InChI is InChI=1S/C25H19ClF5N3O3S/c1-16-3-9-21(20(26)11-16)37-22-10-4-17(13-32)12-23(22)36-15-25(2,14-33)34-24(35)18-5-7-19(8-6-18)38(27,28,29,30)31/h3-12H,15H2,1-2H3,(H,34,35). The number of aryl methyl sites for hydroxylation is 1. The van der Waals surface area contributed by atoms with E-state index in [1.54, 1.807) is 18.2 Å². The average molecular weight is 572 g/mol. The average Bonchev–Trinajstić information content (AvgIpc) is 2.83. The molecule has 13 heteroatoms. The summed E-state index contributed by atoms with van der Waals surface area (Å²) in [4.78, 5) is 10.4. The summed E-state index contributed by atoms with van der Waals surface area (Å²) in [5.41, 5.74) is -1.02. The van der Waals surface area contributed by atoms with Crippen molar-refractivity contribution < 1.29 is 33.7 Å². The number of nitrogens with zero attached hydrogens (tertiary/aromatic N) is 2. The second kappa shape index (κ2) is 9.39. The topological polar surface area (TPSA) is 95.1 Å². The molecule has 3 aromatic carbocycles. The smallest absolute Gasteiger partial charge is 0.310 e. The highest BCUT2D eigenvalue weighted by molar-refractivity contribution is 8.45. The van der Waals surface area contributed by atoms with Gasteiger partial charge in [0.2, 0.25) is 0 Å². The van der Waals surface area contributed by atoms with Gasteiger partial charge in [0.1, 0.15) is 17.3 Å². The Balaban J connectivity index is 1.80. The molecule has 0 spiro atoms. The lowest BCUT2D eigenvalue weighted by Crippen LogP contribution is -2.49. The first-order chi connectivity index (χ1) is 17.4. The van der Waals surface area contributed by atoms with Crippen molar-refractivity contribution in [3.63, 3.8) is 0 Å². The van der Waals surface area contributed by atoms with E-state index in [9.17, 15) is 34.7 Å². The molecular formula is C25H19ClF5N3O3S. The fraction of sp³-hybridized carbons (Fsp3) is 0.160. The third-order valence-electron chi connectivity index (χ3n) is 5.09. The lowest BCUT2D eigenvalue weighted by Gasteiger charge is -2.40. The van der Waals surface area contributed by atoms with Crippen molar-refractivity contribution in [2.75, 3.05) is 6.61 Å². The van der Waals surface area contributed by atoms with Crippen molar-refractivity contribution in [1.29, 1.82) is 10.5 Å². The van der Waals surface area contributed by atoms with E-state index in [1.165, 1.54) is 25.1 Å². The number of halogens is 6. The summed E-state index contributed by atoms with van der Waals surface area (Å²) in [6, 6.07) is 14.4. The highest BCUT2D eigenvalue weighted by Gasteiger charge is 2.65. The first-order valence-electron chi connectivity index (χ1n) is 10.6. The molecule has 0 aliphatic carbocycles. The van der Waals surface area contributed by atoms with Crippen molar-refractivity contribution >= 4 is 27.7 Å². The molecule has 6 nitrogen and oxygen atoms in total. The molecule has 3 aromatic rings. The summed E-state index contributed by atoms with van der Waals surface area (Å²) in [6.07, 6.45) is 0. The lowest BCUT2D eigenvalue weighted by molar-refractivity contribution is 0.0900. The summed E-state index contributed by atoms with van der Waals surface area (Å²) in [7, 11) is -9.90. The van der Waals surface area contributed by atoms with Crippen LogP contribution in [0.3, 0.4) is 0 Å². The first kappa shape index (κ1) is 28.6. The molecule has 200 valence electrons. The SMILES string of the molecule is Cc1ccc(Oc2ccc(C#N)cc2OCC(C)(C#N)NC(=O)c2ccc(S(F)(F)(F)(F)F)cc2)c(Cl)c1. The molecule has 0 aromatic heterocycles. The molecule has 0 radical (unpaired) electrons. The fourth-order valence-corrected chi connectivity index (χ4v) is 4.01. The van der Waals surface area contributed by atoms with E-state index in [0.717, 1.165) is 5.56 Å². The minimum atomic E-state index is -9.90. The van der Waals surface area contributed by atoms with Crippen LogP contribution in [0.1, 0.15) is 28.4 Å². The Hall–Kier alpha value is -4.00. The summed E-state index contributed by atoms with van der Waals surface area (Å²) in [5.74, 6) is -0.525. The van der Waals surface area contributed by atoms with E-state index in [-0.39, 0.29) is 40.5 Å².